The Morgan fingerprint density at radius 2 is 2.43 bits per heavy atom. The summed E-state index contributed by atoms with van der Waals surface area (Å²) in [5.41, 5.74) is 0.543. The molecule has 4 heteroatoms. The second kappa shape index (κ2) is 5.25. The molecule has 0 spiro atoms. The van der Waals surface area contributed by atoms with Gasteiger partial charge in [0, 0.05) is 0 Å². The van der Waals surface area contributed by atoms with Gasteiger partial charge >= 0.3 is 5.97 Å². The molecule has 0 aromatic carbocycles. The molecule has 0 saturated heterocycles. The van der Waals surface area contributed by atoms with Crippen LogP contribution in [0.2, 0.25) is 5.15 Å². The van der Waals surface area contributed by atoms with Gasteiger partial charge in [-0.15, -0.1) is 0 Å². The molecule has 0 unspecified atom stereocenters. The Kier molecular flexibility index (Phi) is 3.96. The van der Waals surface area contributed by atoms with Gasteiger partial charge in [-0.3, -0.25) is 4.79 Å². The van der Waals surface area contributed by atoms with Crippen LogP contribution in [0.15, 0.2) is 18.2 Å². The molecule has 0 aliphatic rings. The van der Waals surface area contributed by atoms with Gasteiger partial charge in [-0.25, -0.2) is 4.98 Å². The number of hydrogen-bond donors (Lipinski definition) is 0. The van der Waals surface area contributed by atoms with E-state index < -0.39 is 0 Å². The second-order valence-electron chi connectivity index (χ2n) is 2.40. The Morgan fingerprint density at radius 1 is 1.64 bits per heavy atom. The van der Waals surface area contributed by atoms with Crippen molar-refractivity contribution >= 4 is 17.6 Å². The molecule has 3 nitrogen and oxygen atoms in total. The zero-order valence-electron chi connectivity index (χ0n) is 7.58. The fourth-order valence-corrected chi connectivity index (χ4v) is 0.921. The van der Waals surface area contributed by atoms with Crippen molar-refractivity contribution in [2.45, 2.75) is 6.42 Å². The van der Waals surface area contributed by atoms with E-state index in [1.165, 1.54) is 7.11 Å². The third kappa shape index (κ3) is 3.46. The van der Waals surface area contributed by atoms with Crippen molar-refractivity contribution in [3.63, 3.8) is 0 Å². The fourth-order valence-electron chi connectivity index (χ4n) is 0.757. The van der Waals surface area contributed by atoms with Gasteiger partial charge in [0.25, 0.3) is 0 Å². The van der Waals surface area contributed by atoms with Gasteiger partial charge in [-0.05, 0) is 18.1 Å². The number of carbonyl (C=O) groups excluding carboxylic acids is 1. The molecule has 14 heavy (non-hydrogen) atoms. The third-order valence-electron chi connectivity index (χ3n) is 1.39. The fraction of sp³-hybridized carbons (Fsp3) is 0.200. The van der Waals surface area contributed by atoms with Crippen LogP contribution >= 0.6 is 11.6 Å². The summed E-state index contributed by atoms with van der Waals surface area (Å²) in [7, 11) is 1.32. The zero-order chi connectivity index (χ0) is 10.4. The van der Waals surface area contributed by atoms with Gasteiger partial charge in [0.05, 0.1) is 7.11 Å². The van der Waals surface area contributed by atoms with Crippen molar-refractivity contribution in [2.75, 3.05) is 7.11 Å². The number of hydrogen-bond acceptors (Lipinski definition) is 3. The predicted octanol–water partition coefficient (Wildman–Crippen LogP) is 1.65. The predicted molar refractivity (Wildman–Crippen MR) is 52.8 cm³/mol. The molecule has 0 N–H and O–H groups in total. The molecule has 0 fully saturated rings. The number of aromatic nitrogens is 1. The highest BCUT2D eigenvalue weighted by Crippen LogP contribution is 2.03. The zero-order valence-corrected chi connectivity index (χ0v) is 8.34. The molecular weight excluding hydrogens is 202 g/mol. The minimum Gasteiger partial charge on any atom is -0.468 e. The first-order valence-electron chi connectivity index (χ1n) is 3.90. The summed E-state index contributed by atoms with van der Waals surface area (Å²) < 4.78 is 4.42. The van der Waals surface area contributed by atoms with E-state index in [1.807, 2.05) is 0 Å². The lowest BCUT2D eigenvalue weighted by Gasteiger charge is -1.90. The Hall–Kier alpha value is -1.53. The van der Waals surface area contributed by atoms with E-state index in [2.05, 4.69) is 21.6 Å². The molecule has 1 aromatic rings. The van der Waals surface area contributed by atoms with Crippen molar-refractivity contribution in [2.24, 2.45) is 0 Å². The Bertz CT molecular complexity index is 393. The van der Waals surface area contributed by atoms with Crippen LogP contribution in [-0.4, -0.2) is 18.1 Å². The summed E-state index contributed by atoms with van der Waals surface area (Å²) in [5.74, 6) is 4.98. The van der Waals surface area contributed by atoms with E-state index in [9.17, 15) is 4.79 Å². The standard InChI is InChI=1S/C10H8ClNO2/c1-14-10(13)7-3-5-8-4-2-6-9(11)12-8/h2,4,6H,7H2,1H3. The van der Waals surface area contributed by atoms with Gasteiger partial charge in [0.2, 0.25) is 0 Å². The lowest BCUT2D eigenvalue weighted by molar-refractivity contribution is -0.139. The summed E-state index contributed by atoms with van der Waals surface area (Å²) >= 11 is 5.64. The van der Waals surface area contributed by atoms with E-state index >= 15 is 0 Å². The number of ether oxygens (including phenoxy) is 1. The van der Waals surface area contributed by atoms with Crippen LogP contribution in [0.3, 0.4) is 0 Å². The Balaban J connectivity index is 2.64. The highest BCUT2D eigenvalue weighted by molar-refractivity contribution is 6.29. The normalized spacial score (nSPS) is 8.71. The highest BCUT2D eigenvalue weighted by Gasteiger charge is 1.94. The molecule has 0 bridgehead atoms. The quantitative estimate of drug-likeness (QED) is 0.401. The topological polar surface area (TPSA) is 39.2 Å². The molecule has 1 heterocycles. The van der Waals surface area contributed by atoms with Crippen LogP contribution < -0.4 is 0 Å². The molecule has 1 aromatic heterocycles. The Morgan fingerprint density at radius 3 is 3.07 bits per heavy atom. The summed E-state index contributed by atoms with van der Waals surface area (Å²) in [6, 6.07) is 5.13. The smallest absolute Gasteiger partial charge is 0.317 e. The number of rotatable bonds is 1. The average molecular weight is 210 g/mol. The van der Waals surface area contributed by atoms with Crippen LogP contribution in [0.25, 0.3) is 0 Å². The van der Waals surface area contributed by atoms with Crippen LogP contribution in [0.1, 0.15) is 12.1 Å². The van der Waals surface area contributed by atoms with Gasteiger partial charge in [0.1, 0.15) is 17.3 Å². The first-order valence-corrected chi connectivity index (χ1v) is 4.28. The molecule has 0 radical (unpaired) electrons. The summed E-state index contributed by atoms with van der Waals surface area (Å²) in [6.07, 6.45) is 0.0602. The lowest BCUT2D eigenvalue weighted by atomic mass is 10.3. The van der Waals surface area contributed by atoms with E-state index in [4.69, 9.17) is 11.6 Å². The maximum Gasteiger partial charge on any atom is 0.317 e. The van der Waals surface area contributed by atoms with Gasteiger partial charge in [-0.2, -0.15) is 0 Å². The van der Waals surface area contributed by atoms with Crippen LogP contribution in [-0.2, 0) is 9.53 Å². The summed E-state index contributed by atoms with van der Waals surface area (Å²) in [5, 5.41) is 0.384. The summed E-state index contributed by atoms with van der Waals surface area (Å²) in [4.78, 5) is 14.6. The Labute approximate surface area is 87.1 Å². The van der Waals surface area contributed by atoms with Gasteiger partial charge in [0.15, 0.2) is 0 Å². The van der Waals surface area contributed by atoms with E-state index in [0.29, 0.717) is 10.8 Å². The van der Waals surface area contributed by atoms with Crippen molar-refractivity contribution in [1.82, 2.24) is 4.98 Å². The third-order valence-corrected chi connectivity index (χ3v) is 1.60. The summed E-state index contributed by atoms with van der Waals surface area (Å²) in [6.45, 7) is 0. The molecule has 0 aliphatic heterocycles. The van der Waals surface area contributed by atoms with Gasteiger partial charge in [-0.1, -0.05) is 23.6 Å². The monoisotopic (exact) mass is 209 g/mol. The first kappa shape index (κ1) is 10.6. The molecule has 0 saturated carbocycles. The maximum absolute atomic E-state index is 10.7. The van der Waals surface area contributed by atoms with Crippen LogP contribution in [0.5, 0.6) is 0 Å². The van der Waals surface area contributed by atoms with Gasteiger partial charge < -0.3 is 4.74 Å². The lowest BCUT2D eigenvalue weighted by Crippen LogP contribution is -1.97. The molecule has 72 valence electrons. The van der Waals surface area contributed by atoms with Crippen molar-refractivity contribution in [3.8, 4) is 11.8 Å². The largest absolute Gasteiger partial charge is 0.468 e. The van der Waals surface area contributed by atoms with E-state index in [1.54, 1.807) is 18.2 Å². The SMILES string of the molecule is COC(=O)CC#Cc1cccc(Cl)n1. The minimum absolute atomic E-state index is 0.0602. The highest BCUT2D eigenvalue weighted by atomic mass is 35.5. The number of carbonyl (C=O) groups is 1. The average Bonchev–Trinajstić information content (AvgIpc) is 2.17. The maximum atomic E-state index is 10.7. The number of nitrogens with zero attached hydrogens (tertiary/aromatic N) is 1. The molecule has 0 aliphatic carbocycles. The molecule has 1 rings (SSSR count). The van der Waals surface area contributed by atoms with E-state index in [-0.39, 0.29) is 12.4 Å². The number of methoxy groups -OCH3 is 1. The van der Waals surface area contributed by atoms with E-state index in [0.717, 1.165) is 0 Å². The molecule has 0 amide bonds. The second-order valence-corrected chi connectivity index (χ2v) is 2.79. The van der Waals surface area contributed by atoms with Crippen molar-refractivity contribution in [3.05, 3.63) is 29.0 Å². The van der Waals surface area contributed by atoms with Crippen molar-refractivity contribution in [1.29, 1.82) is 0 Å². The number of esters is 1. The minimum atomic E-state index is -0.362. The first-order chi connectivity index (χ1) is 6.72. The van der Waals surface area contributed by atoms with Crippen LogP contribution in [0, 0.1) is 11.8 Å². The number of halogens is 1. The van der Waals surface area contributed by atoms with Crippen LogP contribution in [0.4, 0.5) is 0 Å². The molecular formula is C10H8ClNO2. The van der Waals surface area contributed by atoms with Crippen molar-refractivity contribution < 1.29 is 9.53 Å². The molecule has 0 atom stereocenters. The number of pyridine rings is 1.